The van der Waals surface area contributed by atoms with Gasteiger partial charge < -0.3 is 0 Å². The van der Waals surface area contributed by atoms with Crippen molar-refractivity contribution in [1.29, 1.82) is 0 Å². The predicted molar refractivity (Wildman–Crippen MR) is 96.1 cm³/mol. The van der Waals surface area contributed by atoms with E-state index < -0.39 is 0 Å². The minimum atomic E-state index is 0.0352. The molecule has 118 valence electrons. The zero-order valence-electron chi connectivity index (χ0n) is 15.2. The largest absolute Gasteiger partial charge is 0.294 e. The maximum absolute atomic E-state index is 12.2. The highest BCUT2D eigenvalue weighted by atomic mass is 16.1. The van der Waals surface area contributed by atoms with Crippen LogP contribution >= 0.6 is 0 Å². The number of carbonyl (C=O) groups is 1. The van der Waals surface area contributed by atoms with Gasteiger partial charge in [0.05, 0.1) is 0 Å². The summed E-state index contributed by atoms with van der Waals surface area (Å²) in [4.78, 5) is 12.2. The molecule has 2 aromatic carbocycles. The smallest absolute Gasteiger partial charge is 0.160 e. The number of hydrogen-bond donors (Lipinski definition) is 0. The Labute approximate surface area is 134 Å². The summed E-state index contributed by atoms with van der Waals surface area (Å²) in [5.41, 5.74) is 4.71. The van der Waals surface area contributed by atoms with Crippen molar-refractivity contribution in [2.24, 2.45) is 0 Å². The zero-order chi connectivity index (χ0) is 16.9. The van der Waals surface area contributed by atoms with Gasteiger partial charge >= 0.3 is 0 Å². The molecule has 0 saturated carbocycles. The van der Waals surface area contributed by atoms with Gasteiger partial charge in [0.2, 0.25) is 0 Å². The molecule has 0 aromatic heterocycles. The molecule has 0 saturated heterocycles. The second-order valence-electron chi connectivity index (χ2n) is 8.47. The van der Waals surface area contributed by atoms with Crippen molar-refractivity contribution in [2.75, 3.05) is 0 Å². The van der Waals surface area contributed by atoms with E-state index in [0.717, 1.165) is 10.9 Å². The number of ketones is 1. The van der Waals surface area contributed by atoms with Gasteiger partial charge in [-0.05, 0) is 64.3 Å². The molecule has 0 fully saturated rings. The lowest BCUT2D eigenvalue weighted by atomic mass is 9.80. The van der Waals surface area contributed by atoms with Crippen LogP contribution in [0.5, 0.6) is 0 Å². The number of carbonyl (C=O) groups excluding carboxylic acids is 1. The highest BCUT2D eigenvalue weighted by Gasteiger charge is 2.21. The molecule has 1 nitrogen and oxygen atoms in total. The van der Waals surface area contributed by atoms with Crippen LogP contribution in [-0.4, -0.2) is 5.78 Å². The van der Waals surface area contributed by atoms with Gasteiger partial charge in [0.25, 0.3) is 0 Å². The molecule has 0 spiro atoms. The van der Waals surface area contributed by atoms with E-state index in [2.05, 4.69) is 72.7 Å². The summed E-state index contributed by atoms with van der Waals surface area (Å²) in [7, 11) is 0. The van der Waals surface area contributed by atoms with Gasteiger partial charge in [-0.2, -0.15) is 0 Å². The third kappa shape index (κ3) is 3.09. The van der Waals surface area contributed by atoms with Gasteiger partial charge in [-0.25, -0.2) is 0 Å². The Morgan fingerprint density at radius 2 is 1.23 bits per heavy atom. The highest BCUT2D eigenvalue weighted by molar-refractivity contribution is 6.08. The van der Waals surface area contributed by atoms with E-state index in [0.29, 0.717) is 0 Å². The average molecular weight is 296 g/mol. The first kappa shape index (κ1) is 16.7. The topological polar surface area (TPSA) is 17.1 Å². The van der Waals surface area contributed by atoms with Crippen LogP contribution in [0.1, 0.15) is 75.5 Å². The van der Waals surface area contributed by atoms with Crippen molar-refractivity contribution in [3.05, 3.63) is 46.5 Å². The third-order valence-corrected chi connectivity index (χ3v) is 4.39. The van der Waals surface area contributed by atoms with Crippen LogP contribution in [-0.2, 0) is 10.8 Å². The van der Waals surface area contributed by atoms with Crippen molar-refractivity contribution in [1.82, 2.24) is 0 Å². The van der Waals surface area contributed by atoms with Gasteiger partial charge in [-0.1, -0.05) is 53.7 Å². The quantitative estimate of drug-likeness (QED) is 0.595. The summed E-state index contributed by atoms with van der Waals surface area (Å²) >= 11 is 0. The molecule has 0 aliphatic carbocycles. The van der Waals surface area contributed by atoms with E-state index in [4.69, 9.17) is 0 Å². The number of fused-ring (bicyclic) bond motifs is 1. The average Bonchev–Trinajstić information content (AvgIpc) is 2.35. The van der Waals surface area contributed by atoms with E-state index in [9.17, 15) is 4.79 Å². The maximum Gasteiger partial charge on any atom is 0.160 e. The van der Waals surface area contributed by atoms with Crippen molar-refractivity contribution in [3.63, 3.8) is 0 Å². The molecule has 0 heterocycles. The van der Waals surface area contributed by atoms with Gasteiger partial charge in [0.1, 0.15) is 0 Å². The van der Waals surface area contributed by atoms with E-state index in [1.54, 1.807) is 6.92 Å². The Morgan fingerprint density at radius 3 is 1.68 bits per heavy atom. The molecule has 0 aliphatic heterocycles. The summed E-state index contributed by atoms with van der Waals surface area (Å²) in [5.74, 6) is 0.140. The third-order valence-electron chi connectivity index (χ3n) is 4.39. The molecule has 22 heavy (non-hydrogen) atoms. The lowest BCUT2D eigenvalue weighted by Gasteiger charge is -2.24. The maximum atomic E-state index is 12.2. The Bertz CT molecular complexity index is 737. The van der Waals surface area contributed by atoms with Gasteiger partial charge in [0.15, 0.2) is 5.78 Å². The zero-order valence-corrected chi connectivity index (χ0v) is 15.2. The Hall–Kier alpha value is -1.63. The van der Waals surface area contributed by atoms with Crippen molar-refractivity contribution >= 4 is 16.6 Å². The molecule has 0 radical (unpaired) electrons. The number of Topliss-reactive ketones (excluding diaryl/α,β-unsaturated/α-hetero) is 1. The molecular weight excluding hydrogens is 268 g/mol. The van der Waals surface area contributed by atoms with Crippen LogP contribution in [0.2, 0.25) is 0 Å². The fourth-order valence-corrected chi connectivity index (χ4v) is 2.80. The second kappa shape index (κ2) is 5.22. The number of rotatable bonds is 1. The van der Waals surface area contributed by atoms with Crippen molar-refractivity contribution in [2.45, 2.75) is 66.2 Å². The normalized spacial score (nSPS) is 12.7. The van der Waals surface area contributed by atoms with Crippen LogP contribution in [0.3, 0.4) is 0 Å². The van der Waals surface area contributed by atoms with Crippen LogP contribution in [0, 0.1) is 6.92 Å². The predicted octanol–water partition coefficient (Wildman–Crippen LogP) is 5.95. The number of hydrogen-bond acceptors (Lipinski definition) is 1. The molecule has 0 bridgehead atoms. The lowest BCUT2D eigenvalue weighted by molar-refractivity contribution is 0.101. The standard InChI is InChI=1S/C21H28O/c1-13-9-15(20(3,4)5)12-19-17(13)10-16(21(6,7)8)11-18(19)14(2)22/h9-12H,1-8H3. The SMILES string of the molecule is CC(=O)c1cc(C(C)(C)C)cc2c(C)cc(C(C)(C)C)cc12. The first-order chi connectivity index (χ1) is 9.91. The van der Waals surface area contributed by atoms with Crippen LogP contribution < -0.4 is 0 Å². The number of aryl methyl sites for hydroxylation is 1. The first-order valence-electron chi connectivity index (χ1n) is 8.01. The van der Waals surface area contributed by atoms with Crippen LogP contribution in [0.25, 0.3) is 10.8 Å². The van der Waals surface area contributed by atoms with Gasteiger partial charge in [-0.15, -0.1) is 0 Å². The lowest BCUT2D eigenvalue weighted by Crippen LogP contribution is -2.14. The molecule has 0 amide bonds. The summed E-state index contributed by atoms with van der Waals surface area (Å²) in [6.45, 7) is 17.0. The Kier molecular flexibility index (Phi) is 3.97. The molecule has 0 atom stereocenters. The summed E-state index contributed by atoms with van der Waals surface area (Å²) < 4.78 is 0. The molecule has 0 aliphatic rings. The van der Waals surface area contributed by atoms with E-state index in [-0.39, 0.29) is 16.6 Å². The van der Waals surface area contributed by atoms with Gasteiger partial charge in [-0.3, -0.25) is 4.79 Å². The Balaban J connectivity index is 2.91. The molecule has 0 unspecified atom stereocenters. The van der Waals surface area contributed by atoms with Gasteiger partial charge in [0, 0.05) is 5.56 Å². The van der Waals surface area contributed by atoms with E-state index in [1.165, 1.54) is 22.1 Å². The molecular formula is C21H28O. The van der Waals surface area contributed by atoms with Crippen molar-refractivity contribution < 1.29 is 4.79 Å². The molecule has 1 heteroatoms. The highest BCUT2D eigenvalue weighted by Crippen LogP contribution is 2.34. The fourth-order valence-electron chi connectivity index (χ4n) is 2.80. The fraction of sp³-hybridized carbons (Fsp3) is 0.476. The minimum absolute atomic E-state index is 0.0352. The summed E-state index contributed by atoms with van der Waals surface area (Å²) in [6.07, 6.45) is 0. The molecule has 2 rings (SSSR count). The van der Waals surface area contributed by atoms with Crippen LogP contribution in [0.4, 0.5) is 0 Å². The van der Waals surface area contributed by atoms with Crippen LogP contribution in [0.15, 0.2) is 24.3 Å². The van der Waals surface area contributed by atoms with Crippen molar-refractivity contribution in [3.8, 4) is 0 Å². The summed E-state index contributed by atoms with van der Waals surface area (Å²) in [5, 5.41) is 2.29. The molecule has 2 aromatic rings. The molecule has 0 N–H and O–H groups in total. The number of benzene rings is 2. The monoisotopic (exact) mass is 296 g/mol. The second-order valence-corrected chi connectivity index (χ2v) is 8.47. The first-order valence-corrected chi connectivity index (χ1v) is 8.01. The van der Waals surface area contributed by atoms with E-state index >= 15 is 0 Å². The Morgan fingerprint density at radius 1 is 0.773 bits per heavy atom. The van der Waals surface area contributed by atoms with E-state index in [1.807, 2.05) is 0 Å². The summed E-state index contributed by atoms with van der Waals surface area (Å²) in [6, 6.07) is 8.80. The minimum Gasteiger partial charge on any atom is -0.294 e.